The van der Waals surface area contributed by atoms with Gasteiger partial charge in [0.05, 0.1) is 6.10 Å². The van der Waals surface area contributed by atoms with E-state index < -0.39 is 24.1 Å². The number of benzene rings is 1. The Morgan fingerprint density at radius 1 is 1.38 bits per heavy atom. The number of urea groups is 1. The molecular weight excluding hydrogens is 342 g/mol. The summed E-state index contributed by atoms with van der Waals surface area (Å²) in [6.45, 7) is 1.71. The second kappa shape index (κ2) is 8.60. The van der Waals surface area contributed by atoms with Crippen LogP contribution < -0.4 is 16.1 Å². The second-order valence-corrected chi connectivity index (χ2v) is 5.39. The van der Waals surface area contributed by atoms with E-state index in [-0.39, 0.29) is 0 Å². The van der Waals surface area contributed by atoms with Gasteiger partial charge in [-0.3, -0.25) is 10.0 Å². The number of hydroxylamine groups is 1. The fraction of sp³-hybridized carbons (Fsp3) is 0.385. The van der Waals surface area contributed by atoms with Gasteiger partial charge < -0.3 is 15.7 Å². The van der Waals surface area contributed by atoms with E-state index in [2.05, 4.69) is 26.6 Å². The van der Waals surface area contributed by atoms with Crippen LogP contribution >= 0.6 is 15.9 Å². The van der Waals surface area contributed by atoms with Crippen LogP contribution in [0.25, 0.3) is 0 Å². The highest BCUT2D eigenvalue weighted by Gasteiger charge is 2.24. The lowest BCUT2D eigenvalue weighted by Crippen LogP contribution is -2.54. The minimum absolute atomic E-state index is 0.371. The molecule has 1 rings (SSSR count). The van der Waals surface area contributed by atoms with Crippen LogP contribution in [0.1, 0.15) is 12.5 Å². The van der Waals surface area contributed by atoms with E-state index in [4.69, 9.17) is 5.21 Å². The van der Waals surface area contributed by atoms with Gasteiger partial charge in [0.1, 0.15) is 6.04 Å². The number of halogens is 1. The average molecular weight is 360 g/mol. The Morgan fingerprint density at radius 3 is 2.67 bits per heavy atom. The lowest BCUT2D eigenvalue weighted by atomic mass is 10.1. The minimum Gasteiger partial charge on any atom is -0.391 e. The molecule has 3 amide bonds. The number of carbonyl (C=O) groups is 2. The molecule has 1 aromatic rings. The van der Waals surface area contributed by atoms with Crippen LogP contribution in [0.4, 0.5) is 4.79 Å². The summed E-state index contributed by atoms with van der Waals surface area (Å²) in [5.41, 5.74) is 2.44. The maximum absolute atomic E-state index is 11.6. The minimum atomic E-state index is -1.22. The van der Waals surface area contributed by atoms with Crippen molar-refractivity contribution in [3.05, 3.63) is 34.3 Å². The lowest BCUT2D eigenvalue weighted by Gasteiger charge is -2.19. The van der Waals surface area contributed by atoms with Gasteiger partial charge in [-0.2, -0.15) is 0 Å². The van der Waals surface area contributed by atoms with Crippen LogP contribution in [0.3, 0.4) is 0 Å². The molecule has 2 atom stereocenters. The number of carbonyl (C=O) groups excluding carboxylic acids is 2. The van der Waals surface area contributed by atoms with Crippen molar-refractivity contribution in [3.8, 4) is 0 Å². The molecule has 21 heavy (non-hydrogen) atoms. The molecule has 0 aliphatic rings. The Labute approximate surface area is 130 Å². The Hall–Kier alpha value is -1.64. The zero-order valence-corrected chi connectivity index (χ0v) is 13.1. The summed E-state index contributed by atoms with van der Waals surface area (Å²) in [4.78, 5) is 22.9. The topological polar surface area (TPSA) is 111 Å². The Morgan fingerprint density at radius 2 is 2.10 bits per heavy atom. The first-order valence-electron chi connectivity index (χ1n) is 6.35. The van der Waals surface area contributed by atoms with Gasteiger partial charge >= 0.3 is 6.03 Å². The predicted molar refractivity (Wildman–Crippen MR) is 79.8 cm³/mol. The molecule has 0 bridgehead atoms. The highest BCUT2D eigenvalue weighted by molar-refractivity contribution is 9.10. The van der Waals surface area contributed by atoms with Gasteiger partial charge in [0.25, 0.3) is 5.91 Å². The van der Waals surface area contributed by atoms with Crippen molar-refractivity contribution in [2.75, 3.05) is 6.54 Å². The maximum Gasteiger partial charge on any atom is 0.315 e. The first kappa shape index (κ1) is 17.4. The van der Waals surface area contributed by atoms with Crippen LogP contribution in [-0.2, 0) is 11.2 Å². The SMILES string of the molecule is C[C@H](O)[C@@H](NC(=O)NCCc1cccc(Br)c1)C(=O)NO. The zero-order valence-electron chi connectivity index (χ0n) is 11.5. The van der Waals surface area contributed by atoms with E-state index in [1.165, 1.54) is 12.4 Å². The first-order chi connectivity index (χ1) is 9.93. The number of nitrogens with one attached hydrogen (secondary N) is 3. The van der Waals surface area contributed by atoms with Crippen LogP contribution in [0.15, 0.2) is 28.7 Å². The molecule has 0 aliphatic carbocycles. The molecule has 116 valence electrons. The number of hydrogen-bond donors (Lipinski definition) is 5. The summed E-state index contributed by atoms with van der Waals surface area (Å²) in [6.07, 6.45) is -0.508. The van der Waals surface area contributed by atoms with E-state index in [0.717, 1.165) is 10.0 Å². The number of rotatable bonds is 6. The Kier molecular flexibility index (Phi) is 7.13. The van der Waals surface area contributed by atoms with Crippen LogP contribution in [0, 0.1) is 0 Å². The number of aliphatic hydroxyl groups is 1. The van der Waals surface area contributed by atoms with E-state index in [1.54, 1.807) is 0 Å². The van der Waals surface area contributed by atoms with Gasteiger partial charge in [0, 0.05) is 11.0 Å². The summed E-state index contributed by atoms with van der Waals surface area (Å²) in [7, 11) is 0. The molecule has 0 aromatic heterocycles. The Bertz CT molecular complexity index is 496. The summed E-state index contributed by atoms with van der Waals surface area (Å²) in [5, 5.41) is 22.8. The van der Waals surface area contributed by atoms with Crippen molar-refractivity contribution in [2.24, 2.45) is 0 Å². The van der Waals surface area contributed by atoms with Crippen molar-refractivity contribution < 1.29 is 19.9 Å². The normalized spacial score (nSPS) is 13.1. The van der Waals surface area contributed by atoms with Crippen molar-refractivity contribution in [1.82, 2.24) is 16.1 Å². The molecule has 0 unspecified atom stereocenters. The van der Waals surface area contributed by atoms with Gasteiger partial charge in [-0.05, 0) is 31.0 Å². The van der Waals surface area contributed by atoms with Crippen molar-refractivity contribution in [3.63, 3.8) is 0 Å². The summed E-state index contributed by atoms with van der Waals surface area (Å²) >= 11 is 3.36. The summed E-state index contributed by atoms with van der Waals surface area (Å²) < 4.78 is 0.957. The first-order valence-corrected chi connectivity index (χ1v) is 7.14. The summed E-state index contributed by atoms with van der Waals surface area (Å²) in [6, 6.07) is 5.86. The van der Waals surface area contributed by atoms with E-state index in [1.807, 2.05) is 24.3 Å². The van der Waals surface area contributed by atoms with E-state index in [0.29, 0.717) is 13.0 Å². The lowest BCUT2D eigenvalue weighted by molar-refractivity contribution is -0.133. The van der Waals surface area contributed by atoms with Crippen LogP contribution in [0.5, 0.6) is 0 Å². The number of hydrogen-bond acceptors (Lipinski definition) is 4. The predicted octanol–water partition coefficient (Wildman–Crippen LogP) is 0.546. The molecule has 0 fully saturated rings. The van der Waals surface area contributed by atoms with E-state index in [9.17, 15) is 14.7 Å². The zero-order chi connectivity index (χ0) is 15.8. The third-order valence-corrected chi connectivity index (χ3v) is 3.24. The fourth-order valence-corrected chi connectivity index (χ4v) is 2.13. The molecule has 0 spiro atoms. The number of aliphatic hydroxyl groups excluding tert-OH is 1. The molecule has 8 heteroatoms. The second-order valence-electron chi connectivity index (χ2n) is 4.47. The molecule has 1 aromatic carbocycles. The fourth-order valence-electron chi connectivity index (χ4n) is 1.68. The van der Waals surface area contributed by atoms with Gasteiger partial charge in [-0.15, -0.1) is 0 Å². The van der Waals surface area contributed by atoms with E-state index >= 15 is 0 Å². The third-order valence-electron chi connectivity index (χ3n) is 2.75. The molecule has 0 radical (unpaired) electrons. The highest BCUT2D eigenvalue weighted by atomic mass is 79.9. The molecular formula is C13H18BrN3O4. The molecule has 5 N–H and O–H groups in total. The van der Waals surface area contributed by atoms with Crippen LogP contribution in [-0.4, -0.2) is 40.9 Å². The smallest absolute Gasteiger partial charge is 0.315 e. The van der Waals surface area contributed by atoms with Gasteiger partial charge in [0.15, 0.2) is 0 Å². The largest absolute Gasteiger partial charge is 0.391 e. The maximum atomic E-state index is 11.6. The van der Waals surface area contributed by atoms with Gasteiger partial charge in [-0.25, -0.2) is 10.3 Å². The monoisotopic (exact) mass is 359 g/mol. The van der Waals surface area contributed by atoms with Crippen molar-refractivity contribution in [2.45, 2.75) is 25.5 Å². The number of amides is 3. The molecule has 0 saturated heterocycles. The molecule has 0 aliphatic heterocycles. The highest BCUT2D eigenvalue weighted by Crippen LogP contribution is 2.11. The molecule has 7 nitrogen and oxygen atoms in total. The summed E-state index contributed by atoms with van der Waals surface area (Å²) in [5.74, 6) is -0.882. The van der Waals surface area contributed by atoms with Gasteiger partial charge in [-0.1, -0.05) is 28.1 Å². The average Bonchev–Trinajstić information content (AvgIpc) is 2.43. The van der Waals surface area contributed by atoms with Gasteiger partial charge in [0.2, 0.25) is 0 Å². The molecule has 0 saturated carbocycles. The Balaban J connectivity index is 2.41. The quantitative estimate of drug-likeness (QED) is 0.377. The molecule has 0 heterocycles. The van der Waals surface area contributed by atoms with Crippen LogP contribution in [0.2, 0.25) is 0 Å². The van der Waals surface area contributed by atoms with Crippen molar-refractivity contribution in [1.29, 1.82) is 0 Å². The standard InChI is InChI=1S/C13H18BrN3O4/c1-8(18)11(12(19)17-21)16-13(20)15-6-5-9-3-2-4-10(14)7-9/h2-4,7-8,11,18,21H,5-6H2,1H3,(H,17,19)(H2,15,16,20)/t8-,11+/m0/s1. The third kappa shape index (κ3) is 6.11. The van der Waals surface area contributed by atoms with Crippen molar-refractivity contribution >= 4 is 27.9 Å².